The summed E-state index contributed by atoms with van der Waals surface area (Å²) in [4.78, 5) is 10.9. The monoisotopic (exact) mass is 405 g/mol. The number of rotatable bonds is 7. The Morgan fingerprint density at radius 2 is 1.96 bits per heavy atom. The number of primary amides is 1. The molecule has 13 heteroatoms. The summed E-state index contributed by atoms with van der Waals surface area (Å²) < 4.78 is 54.4. The van der Waals surface area contributed by atoms with Gasteiger partial charge in [-0.15, -0.1) is 5.10 Å². The lowest BCUT2D eigenvalue weighted by molar-refractivity contribution is -0.147. The quantitative estimate of drug-likeness (QED) is 0.535. The van der Waals surface area contributed by atoms with E-state index >= 15 is 0 Å². The molecule has 2 rings (SSSR count). The van der Waals surface area contributed by atoms with Gasteiger partial charge in [-0.3, -0.25) is 4.79 Å². The fraction of sp³-hybridized carbons (Fsp3) is 0.286. The van der Waals surface area contributed by atoms with E-state index in [0.717, 1.165) is 6.21 Å². The molecule has 1 aromatic carbocycles. The lowest BCUT2D eigenvalue weighted by atomic mass is 10.2. The number of amides is 1. The fourth-order valence-corrected chi connectivity index (χ4v) is 2.15. The van der Waals surface area contributed by atoms with Gasteiger partial charge in [-0.2, -0.15) is 22.9 Å². The highest BCUT2D eigenvalue weighted by atomic mass is 32.1. The van der Waals surface area contributed by atoms with Gasteiger partial charge >= 0.3 is 6.18 Å². The zero-order valence-corrected chi connectivity index (χ0v) is 14.8. The van der Waals surface area contributed by atoms with E-state index < -0.39 is 24.5 Å². The molecule has 0 saturated carbocycles. The zero-order chi connectivity index (χ0) is 20.2. The molecule has 0 bridgehead atoms. The first-order valence-electron chi connectivity index (χ1n) is 7.13. The summed E-state index contributed by atoms with van der Waals surface area (Å²) in [6.45, 7) is -0.417. The smallest absolute Gasteiger partial charge is 0.453 e. The number of hydrogen-bond donors (Lipinski definition) is 2. The van der Waals surface area contributed by atoms with E-state index in [0.29, 0.717) is 10.2 Å². The van der Waals surface area contributed by atoms with Crippen LogP contribution in [0.4, 0.5) is 13.2 Å². The van der Waals surface area contributed by atoms with Gasteiger partial charge < -0.3 is 19.9 Å². The molecule has 0 saturated heterocycles. The van der Waals surface area contributed by atoms with Crippen LogP contribution in [0.3, 0.4) is 0 Å². The number of nitrogens with zero attached hydrogens (tertiary/aromatic N) is 3. The van der Waals surface area contributed by atoms with Gasteiger partial charge in [-0.25, -0.2) is 5.10 Å². The van der Waals surface area contributed by atoms with Crippen LogP contribution in [-0.4, -0.2) is 47.8 Å². The number of ether oxygens (including phenoxy) is 3. The fourth-order valence-electron chi connectivity index (χ4n) is 1.97. The SMILES string of the molecule is COc1cc(/C=N\n2c(C(F)(F)F)n[nH]c2=S)cc(OC)c1OCC(N)=O. The van der Waals surface area contributed by atoms with Gasteiger partial charge in [-0.1, -0.05) is 0 Å². The van der Waals surface area contributed by atoms with Crippen molar-refractivity contribution in [3.8, 4) is 17.2 Å². The highest BCUT2D eigenvalue weighted by Gasteiger charge is 2.37. The molecule has 1 aromatic heterocycles. The summed E-state index contributed by atoms with van der Waals surface area (Å²) in [5.41, 5.74) is 5.35. The molecular formula is C14H14F3N5O4S. The maximum Gasteiger partial charge on any atom is 0.453 e. The number of nitrogens with one attached hydrogen (secondary N) is 1. The number of carbonyl (C=O) groups is 1. The maximum absolute atomic E-state index is 12.9. The number of aromatic nitrogens is 3. The van der Waals surface area contributed by atoms with Gasteiger partial charge in [0.2, 0.25) is 10.5 Å². The number of aromatic amines is 1. The minimum Gasteiger partial charge on any atom is -0.493 e. The highest BCUT2D eigenvalue weighted by molar-refractivity contribution is 7.71. The van der Waals surface area contributed by atoms with Crippen LogP contribution in [0.1, 0.15) is 11.4 Å². The van der Waals surface area contributed by atoms with Crippen molar-refractivity contribution in [1.82, 2.24) is 14.9 Å². The van der Waals surface area contributed by atoms with Gasteiger partial charge in [-0.05, 0) is 24.4 Å². The van der Waals surface area contributed by atoms with E-state index in [1.165, 1.54) is 26.4 Å². The molecule has 0 atom stereocenters. The van der Waals surface area contributed by atoms with Crippen molar-refractivity contribution in [2.24, 2.45) is 10.8 Å². The number of alkyl halides is 3. The van der Waals surface area contributed by atoms with Crippen LogP contribution >= 0.6 is 12.2 Å². The molecule has 2 aromatic rings. The number of hydrogen-bond acceptors (Lipinski definition) is 7. The van der Waals surface area contributed by atoms with E-state index in [9.17, 15) is 18.0 Å². The number of carbonyl (C=O) groups excluding carboxylic acids is 1. The Kier molecular flexibility index (Phi) is 6.05. The van der Waals surface area contributed by atoms with Gasteiger partial charge in [0.15, 0.2) is 18.1 Å². The highest BCUT2D eigenvalue weighted by Crippen LogP contribution is 2.38. The molecule has 27 heavy (non-hydrogen) atoms. The van der Waals surface area contributed by atoms with Crippen LogP contribution < -0.4 is 19.9 Å². The van der Waals surface area contributed by atoms with Crippen molar-refractivity contribution in [2.45, 2.75) is 6.18 Å². The standard InChI is InChI=1S/C14H14F3N5O4S/c1-24-8-3-7(4-9(25-2)11(8)26-6-10(18)23)5-19-22-12(14(15,16)17)20-21-13(22)27/h3-5H,6H2,1-2H3,(H2,18,23)(H,21,27)/b19-5-. The Balaban J connectivity index is 2.43. The largest absolute Gasteiger partial charge is 0.493 e. The predicted molar refractivity (Wildman–Crippen MR) is 89.6 cm³/mol. The molecule has 0 radical (unpaired) electrons. The Morgan fingerprint density at radius 1 is 1.37 bits per heavy atom. The number of halogens is 3. The lowest BCUT2D eigenvalue weighted by Gasteiger charge is -2.14. The second kappa shape index (κ2) is 8.07. The van der Waals surface area contributed by atoms with E-state index in [2.05, 4.69) is 10.2 Å². The topological polar surface area (TPSA) is 117 Å². The Labute approximate surface area is 155 Å². The number of methoxy groups -OCH3 is 2. The van der Waals surface area contributed by atoms with Crippen LogP contribution in [0.2, 0.25) is 0 Å². The van der Waals surface area contributed by atoms with E-state index in [1.807, 2.05) is 5.10 Å². The molecule has 0 aliphatic heterocycles. The third-order valence-corrected chi connectivity index (χ3v) is 3.33. The van der Waals surface area contributed by atoms with Gasteiger partial charge in [0.1, 0.15) is 0 Å². The van der Waals surface area contributed by atoms with Crippen molar-refractivity contribution in [3.05, 3.63) is 28.3 Å². The van der Waals surface area contributed by atoms with Crippen LogP contribution in [0, 0.1) is 4.77 Å². The van der Waals surface area contributed by atoms with Crippen LogP contribution in [-0.2, 0) is 11.0 Å². The van der Waals surface area contributed by atoms with Gasteiger partial charge in [0.25, 0.3) is 11.7 Å². The second-order valence-corrected chi connectivity index (χ2v) is 5.30. The van der Waals surface area contributed by atoms with Crippen LogP contribution in [0.25, 0.3) is 0 Å². The van der Waals surface area contributed by atoms with Crippen LogP contribution in [0.15, 0.2) is 17.2 Å². The van der Waals surface area contributed by atoms with Crippen molar-refractivity contribution in [1.29, 1.82) is 0 Å². The molecule has 0 aliphatic carbocycles. The summed E-state index contributed by atoms with van der Waals surface area (Å²) in [7, 11) is 2.67. The minimum atomic E-state index is -4.74. The molecule has 0 aliphatic rings. The molecule has 0 unspecified atom stereocenters. The molecule has 0 fully saturated rings. The van der Waals surface area contributed by atoms with Crippen molar-refractivity contribution >= 4 is 24.3 Å². The molecule has 146 valence electrons. The Hall–Kier alpha value is -3.09. The number of H-pyrrole nitrogens is 1. The zero-order valence-electron chi connectivity index (χ0n) is 14.0. The molecule has 1 amide bonds. The summed E-state index contributed by atoms with van der Waals surface area (Å²) in [5, 5.41) is 8.85. The number of nitrogens with two attached hydrogens (primary N) is 1. The third-order valence-electron chi connectivity index (χ3n) is 3.07. The second-order valence-electron chi connectivity index (χ2n) is 4.92. The Bertz CT molecular complexity index is 897. The third kappa shape index (κ3) is 4.75. The summed E-state index contributed by atoms with van der Waals surface area (Å²) in [5.74, 6) is -1.59. The first-order valence-corrected chi connectivity index (χ1v) is 7.54. The molecule has 3 N–H and O–H groups in total. The van der Waals surface area contributed by atoms with E-state index in [1.54, 1.807) is 0 Å². The first-order chi connectivity index (χ1) is 12.7. The molecule has 0 spiro atoms. The maximum atomic E-state index is 12.9. The van der Waals surface area contributed by atoms with Gasteiger partial charge in [0.05, 0.1) is 20.4 Å². The summed E-state index contributed by atoms with van der Waals surface area (Å²) in [6.07, 6.45) is -3.64. The average molecular weight is 405 g/mol. The normalized spacial score (nSPS) is 11.6. The van der Waals surface area contributed by atoms with Gasteiger partial charge in [0, 0.05) is 5.56 Å². The summed E-state index contributed by atoms with van der Waals surface area (Å²) in [6, 6.07) is 2.83. The average Bonchev–Trinajstić information content (AvgIpc) is 2.98. The van der Waals surface area contributed by atoms with Crippen molar-refractivity contribution in [2.75, 3.05) is 20.8 Å². The van der Waals surface area contributed by atoms with E-state index in [-0.39, 0.29) is 22.0 Å². The molecular weight excluding hydrogens is 391 g/mol. The van der Waals surface area contributed by atoms with Crippen LogP contribution in [0.5, 0.6) is 17.2 Å². The lowest BCUT2D eigenvalue weighted by Crippen LogP contribution is -2.20. The van der Waals surface area contributed by atoms with Crippen molar-refractivity contribution < 1.29 is 32.2 Å². The minimum absolute atomic E-state index is 0.104. The van der Waals surface area contributed by atoms with E-state index in [4.69, 9.17) is 32.2 Å². The number of benzene rings is 1. The summed E-state index contributed by atoms with van der Waals surface area (Å²) >= 11 is 4.75. The predicted octanol–water partition coefficient (Wildman–Crippen LogP) is 1.72. The van der Waals surface area contributed by atoms with Crippen molar-refractivity contribution in [3.63, 3.8) is 0 Å². The molecule has 9 nitrogen and oxygen atoms in total. The first kappa shape index (κ1) is 20.2. The molecule has 1 heterocycles. The Morgan fingerprint density at radius 3 is 2.44 bits per heavy atom.